The van der Waals surface area contributed by atoms with Gasteiger partial charge in [-0.1, -0.05) is 12.1 Å². The molecule has 0 spiro atoms. The number of ether oxygens (including phenoxy) is 2. The molecule has 2 amide bonds. The van der Waals surface area contributed by atoms with Gasteiger partial charge in [0.2, 0.25) is 11.8 Å². The zero-order valence-electron chi connectivity index (χ0n) is 14.8. The third kappa shape index (κ3) is 4.31. The number of piperidine rings is 1. The van der Waals surface area contributed by atoms with Crippen LogP contribution in [0, 0.1) is 0 Å². The van der Waals surface area contributed by atoms with Gasteiger partial charge < -0.3 is 19.3 Å². The van der Waals surface area contributed by atoms with E-state index in [1.54, 1.807) is 4.90 Å². The smallest absolute Gasteiger partial charge is 0.227 e. The predicted molar refractivity (Wildman–Crippen MR) is 94.8 cm³/mol. The zero-order chi connectivity index (χ0) is 17.6. The van der Waals surface area contributed by atoms with Crippen LogP contribution < -0.4 is 9.64 Å². The Kier molecular flexibility index (Phi) is 5.91. The standard InChI is InChI=1S/C19H26N2O4/c1-2-24-15-6-5-11-20(14-15)18(22)9-10-19(23)21-12-13-25-17-8-4-3-7-16(17)21/h3-4,7-8,15H,2,5-6,9-14H2,1H3/t15-/m1/s1. The largest absolute Gasteiger partial charge is 0.490 e. The van der Waals surface area contributed by atoms with Crippen LogP contribution in [0.25, 0.3) is 0 Å². The number of para-hydroxylation sites is 2. The molecule has 6 nitrogen and oxygen atoms in total. The summed E-state index contributed by atoms with van der Waals surface area (Å²) in [5, 5.41) is 0. The SMILES string of the molecule is CCO[C@@H]1CCCN(C(=O)CCC(=O)N2CCOc3ccccc32)C1. The molecule has 1 aromatic carbocycles. The molecule has 0 unspecified atom stereocenters. The molecule has 0 aliphatic carbocycles. The summed E-state index contributed by atoms with van der Waals surface area (Å²) in [6.45, 7) is 5.05. The summed E-state index contributed by atoms with van der Waals surface area (Å²) < 4.78 is 11.2. The van der Waals surface area contributed by atoms with Gasteiger partial charge in [-0.25, -0.2) is 0 Å². The summed E-state index contributed by atoms with van der Waals surface area (Å²) in [5.74, 6) is 0.741. The van der Waals surface area contributed by atoms with Crippen molar-refractivity contribution < 1.29 is 19.1 Å². The Morgan fingerprint density at radius 3 is 2.84 bits per heavy atom. The van der Waals surface area contributed by atoms with E-state index in [0.717, 1.165) is 30.8 Å². The highest BCUT2D eigenvalue weighted by atomic mass is 16.5. The first-order valence-electron chi connectivity index (χ1n) is 9.10. The number of hydrogen-bond donors (Lipinski definition) is 0. The quantitative estimate of drug-likeness (QED) is 0.820. The summed E-state index contributed by atoms with van der Waals surface area (Å²) >= 11 is 0. The first-order valence-corrected chi connectivity index (χ1v) is 9.10. The number of carbonyl (C=O) groups excluding carboxylic acids is 2. The first kappa shape index (κ1) is 17.7. The van der Waals surface area contributed by atoms with E-state index in [-0.39, 0.29) is 30.8 Å². The van der Waals surface area contributed by atoms with Crippen molar-refractivity contribution in [2.24, 2.45) is 0 Å². The molecule has 0 aromatic heterocycles. The molecule has 2 aliphatic heterocycles. The molecule has 2 heterocycles. The second kappa shape index (κ2) is 8.34. The fraction of sp³-hybridized carbons (Fsp3) is 0.579. The van der Waals surface area contributed by atoms with E-state index in [9.17, 15) is 9.59 Å². The van der Waals surface area contributed by atoms with Crippen LogP contribution in [0.5, 0.6) is 5.75 Å². The molecule has 136 valence electrons. The molecule has 2 aliphatic rings. The number of carbonyl (C=O) groups is 2. The average Bonchev–Trinajstić information content (AvgIpc) is 2.66. The molecule has 1 fully saturated rings. The van der Waals surface area contributed by atoms with Crippen molar-refractivity contribution in [3.8, 4) is 5.75 Å². The Morgan fingerprint density at radius 1 is 1.20 bits per heavy atom. The lowest BCUT2D eigenvalue weighted by atomic mass is 10.1. The van der Waals surface area contributed by atoms with Gasteiger partial charge in [-0.2, -0.15) is 0 Å². The van der Waals surface area contributed by atoms with Gasteiger partial charge in [-0.15, -0.1) is 0 Å². The van der Waals surface area contributed by atoms with Crippen molar-refractivity contribution in [1.82, 2.24) is 4.90 Å². The predicted octanol–water partition coefficient (Wildman–Crippen LogP) is 2.22. The summed E-state index contributed by atoms with van der Waals surface area (Å²) in [7, 11) is 0. The molecule has 0 saturated carbocycles. The van der Waals surface area contributed by atoms with Gasteiger partial charge in [0.15, 0.2) is 0 Å². The molecule has 3 rings (SSSR count). The van der Waals surface area contributed by atoms with Crippen LogP contribution in [-0.4, -0.2) is 55.7 Å². The van der Waals surface area contributed by atoms with E-state index in [2.05, 4.69) is 0 Å². The average molecular weight is 346 g/mol. The monoisotopic (exact) mass is 346 g/mol. The lowest BCUT2D eigenvalue weighted by Crippen LogP contribution is -2.44. The molecule has 25 heavy (non-hydrogen) atoms. The normalized spacial score (nSPS) is 20.0. The summed E-state index contributed by atoms with van der Waals surface area (Å²) in [6, 6.07) is 7.52. The number of fused-ring (bicyclic) bond motifs is 1. The minimum absolute atomic E-state index is 0.0255. The Bertz CT molecular complexity index is 617. The molecule has 0 N–H and O–H groups in total. The molecule has 6 heteroatoms. The summed E-state index contributed by atoms with van der Waals surface area (Å²) in [6.07, 6.45) is 2.56. The highest BCUT2D eigenvalue weighted by molar-refractivity contribution is 5.97. The van der Waals surface area contributed by atoms with E-state index >= 15 is 0 Å². The van der Waals surface area contributed by atoms with Crippen molar-refractivity contribution in [3.05, 3.63) is 24.3 Å². The van der Waals surface area contributed by atoms with E-state index in [4.69, 9.17) is 9.47 Å². The van der Waals surface area contributed by atoms with E-state index < -0.39 is 0 Å². The molecule has 0 radical (unpaired) electrons. The molecular weight excluding hydrogens is 320 g/mol. The summed E-state index contributed by atoms with van der Waals surface area (Å²) in [4.78, 5) is 28.6. The summed E-state index contributed by atoms with van der Waals surface area (Å²) in [5.41, 5.74) is 0.792. The van der Waals surface area contributed by atoms with Gasteiger partial charge in [0.05, 0.1) is 18.3 Å². The minimum atomic E-state index is -0.0255. The van der Waals surface area contributed by atoms with Crippen LogP contribution in [0.15, 0.2) is 24.3 Å². The van der Waals surface area contributed by atoms with Crippen molar-refractivity contribution in [1.29, 1.82) is 0 Å². The molecule has 1 aromatic rings. The second-order valence-corrected chi connectivity index (χ2v) is 6.42. The van der Waals surface area contributed by atoms with Crippen LogP contribution >= 0.6 is 0 Å². The Balaban J connectivity index is 1.53. The number of rotatable bonds is 5. The maximum atomic E-state index is 12.6. The number of amides is 2. The third-order valence-corrected chi connectivity index (χ3v) is 4.72. The topological polar surface area (TPSA) is 59.1 Å². The molecule has 1 atom stereocenters. The highest BCUT2D eigenvalue weighted by Crippen LogP contribution is 2.31. The lowest BCUT2D eigenvalue weighted by molar-refractivity contribution is -0.136. The molecular formula is C19H26N2O4. The number of nitrogens with zero attached hydrogens (tertiary/aromatic N) is 2. The van der Waals surface area contributed by atoms with Crippen LogP contribution in [0.3, 0.4) is 0 Å². The Morgan fingerprint density at radius 2 is 2.00 bits per heavy atom. The van der Waals surface area contributed by atoms with E-state index in [1.807, 2.05) is 36.1 Å². The van der Waals surface area contributed by atoms with E-state index in [0.29, 0.717) is 26.3 Å². The van der Waals surface area contributed by atoms with Gasteiger partial charge in [0.25, 0.3) is 0 Å². The van der Waals surface area contributed by atoms with Gasteiger partial charge in [-0.3, -0.25) is 9.59 Å². The Labute approximate surface area is 148 Å². The van der Waals surface area contributed by atoms with Crippen LogP contribution in [0.4, 0.5) is 5.69 Å². The maximum Gasteiger partial charge on any atom is 0.227 e. The van der Waals surface area contributed by atoms with Crippen molar-refractivity contribution in [3.63, 3.8) is 0 Å². The van der Waals surface area contributed by atoms with Crippen LogP contribution in [0.1, 0.15) is 32.6 Å². The van der Waals surface area contributed by atoms with Crippen molar-refractivity contribution in [2.45, 2.75) is 38.7 Å². The van der Waals surface area contributed by atoms with Gasteiger partial charge >= 0.3 is 0 Å². The minimum Gasteiger partial charge on any atom is -0.490 e. The van der Waals surface area contributed by atoms with Gasteiger partial charge in [-0.05, 0) is 31.9 Å². The first-order chi connectivity index (χ1) is 12.2. The maximum absolute atomic E-state index is 12.6. The van der Waals surface area contributed by atoms with E-state index in [1.165, 1.54) is 0 Å². The third-order valence-electron chi connectivity index (χ3n) is 4.72. The van der Waals surface area contributed by atoms with Gasteiger partial charge in [0.1, 0.15) is 12.4 Å². The van der Waals surface area contributed by atoms with Gasteiger partial charge in [0, 0.05) is 32.5 Å². The van der Waals surface area contributed by atoms with Crippen molar-refractivity contribution >= 4 is 17.5 Å². The molecule has 0 bridgehead atoms. The van der Waals surface area contributed by atoms with Crippen LogP contribution in [-0.2, 0) is 14.3 Å². The Hall–Kier alpha value is -2.08. The molecule has 1 saturated heterocycles. The fourth-order valence-corrected chi connectivity index (χ4v) is 3.47. The number of benzene rings is 1. The lowest BCUT2D eigenvalue weighted by Gasteiger charge is -2.33. The van der Waals surface area contributed by atoms with Crippen LogP contribution in [0.2, 0.25) is 0 Å². The second-order valence-electron chi connectivity index (χ2n) is 6.42. The fourth-order valence-electron chi connectivity index (χ4n) is 3.47. The number of anilines is 1. The highest BCUT2D eigenvalue weighted by Gasteiger charge is 2.26. The zero-order valence-corrected chi connectivity index (χ0v) is 14.8. The number of likely N-dealkylation sites (tertiary alicyclic amines) is 1. The number of hydrogen-bond acceptors (Lipinski definition) is 4. The van der Waals surface area contributed by atoms with Crippen molar-refractivity contribution in [2.75, 3.05) is 37.7 Å².